The standard InChI is InChI=1S/C13H22N4O2S/c1-8(2)7-17-11(14)10(12(18)16-13(17)19)15-6-9-4-3-5-20-9/h8-9,15H,3-7,14H2,1-2H3,(H,16,18,19). The van der Waals surface area contributed by atoms with E-state index >= 15 is 0 Å². The molecule has 112 valence electrons. The van der Waals surface area contributed by atoms with Crippen molar-refractivity contribution in [3.8, 4) is 0 Å². The molecule has 1 saturated heterocycles. The van der Waals surface area contributed by atoms with Gasteiger partial charge < -0.3 is 11.1 Å². The highest BCUT2D eigenvalue weighted by molar-refractivity contribution is 8.00. The summed E-state index contributed by atoms with van der Waals surface area (Å²) in [6.45, 7) is 5.20. The van der Waals surface area contributed by atoms with Gasteiger partial charge in [-0.05, 0) is 24.5 Å². The Bertz CT molecular complexity index is 573. The van der Waals surface area contributed by atoms with Crippen molar-refractivity contribution in [3.63, 3.8) is 0 Å². The number of rotatable bonds is 5. The van der Waals surface area contributed by atoms with Crippen LogP contribution < -0.4 is 22.3 Å². The average Bonchev–Trinajstić information content (AvgIpc) is 2.87. The van der Waals surface area contributed by atoms with Crippen LogP contribution in [0.2, 0.25) is 0 Å². The third-order valence-corrected chi connectivity index (χ3v) is 4.72. The van der Waals surface area contributed by atoms with Crippen LogP contribution >= 0.6 is 11.8 Å². The fraction of sp³-hybridized carbons (Fsp3) is 0.692. The van der Waals surface area contributed by atoms with Crippen LogP contribution in [0, 0.1) is 5.92 Å². The molecule has 7 heteroatoms. The summed E-state index contributed by atoms with van der Waals surface area (Å²) >= 11 is 1.91. The number of nitrogens with one attached hydrogen (secondary N) is 2. The van der Waals surface area contributed by atoms with Crippen LogP contribution in [0.4, 0.5) is 11.5 Å². The molecule has 2 rings (SSSR count). The summed E-state index contributed by atoms with van der Waals surface area (Å²) in [7, 11) is 0. The maximum atomic E-state index is 11.9. The maximum absolute atomic E-state index is 11.9. The van der Waals surface area contributed by atoms with Gasteiger partial charge in [-0.1, -0.05) is 13.8 Å². The molecule has 0 aromatic carbocycles. The Hall–Kier alpha value is -1.37. The molecule has 0 bridgehead atoms. The lowest BCUT2D eigenvalue weighted by Crippen LogP contribution is -2.35. The lowest BCUT2D eigenvalue weighted by atomic mass is 10.2. The molecular weight excluding hydrogens is 276 g/mol. The minimum absolute atomic E-state index is 0.232. The first-order chi connectivity index (χ1) is 9.49. The van der Waals surface area contributed by atoms with Crippen molar-refractivity contribution in [2.45, 2.75) is 38.5 Å². The van der Waals surface area contributed by atoms with Gasteiger partial charge in [0.25, 0.3) is 5.56 Å². The monoisotopic (exact) mass is 298 g/mol. The van der Waals surface area contributed by atoms with Crippen molar-refractivity contribution in [3.05, 3.63) is 20.8 Å². The first-order valence-corrected chi connectivity index (χ1v) is 8.02. The Morgan fingerprint density at radius 1 is 1.50 bits per heavy atom. The van der Waals surface area contributed by atoms with Crippen LogP contribution in [-0.2, 0) is 6.54 Å². The van der Waals surface area contributed by atoms with E-state index in [-0.39, 0.29) is 11.7 Å². The number of aromatic nitrogens is 2. The van der Waals surface area contributed by atoms with Gasteiger partial charge in [-0.2, -0.15) is 11.8 Å². The van der Waals surface area contributed by atoms with E-state index in [0.29, 0.717) is 24.0 Å². The summed E-state index contributed by atoms with van der Waals surface area (Å²) in [4.78, 5) is 26.0. The molecule has 1 aliphatic rings. The zero-order valence-corrected chi connectivity index (χ0v) is 12.8. The second-order valence-corrected chi connectivity index (χ2v) is 6.95. The number of H-pyrrole nitrogens is 1. The fourth-order valence-corrected chi connectivity index (χ4v) is 3.53. The van der Waals surface area contributed by atoms with Gasteiger partial charge in [-0.25, -0.2) is 4.79 Å². The summed E-state index contributed by atoms with van der Waals surface area (Å²) in [5, 5.41) is 3.63. The van der Waals surface area contributed by atoms with E-state index in [0.717, 1.165) is 6.42 Å². The van der Waals surface area contributed by atoms with Gasteiger partial charge in [0.15, 0.2) is 0 Å². The molecule has 1 fully saturated rings. The Labute approximate surface area is 122 Å². The van der Waals surface area contributed by atoms with E-state index in [1.165, 1.54) is 16.7 Å². The number of anilines is 2. The molecule has 0 spiro atoms. The van der Waals surface area contributed by atoms with Gasteiger partial charge in [-0.3, -0.25) is 14.3 Å². The maximum Gasteiger partial charge on any atom is 0.330 e. The predicted molar refractivity (Wildman–Crippen MR) is 84.5 cm³/mol. The van der Waals surface area contributed by atoms with Crippen LogP contribution in [0.5, 0.6) is 0 Å². The van der Waals surface area contributed by atoms with Crippen molar-refractivity contribution in [2.75, 3.05) is 23.3 Å². The Morgan fingerprint density at radius 3 is 2.85 bits per heavy atom. The predicted octanol–water partition coefficient (Wildman–Crippen LogP) is 1.08. The highest BCUT2D eigenvalue weighted by atomic mass is 32.2. The van der Waals surface area contributed by atoms with E-state index in [1.54, 1.807) is 0 Å². The molecule has 1 atom stereocenters. The first kappa shape index (κ1) is 15.0. The summed E-state index contributed by atoms with van der Waals surface area (Å²) in [5.74, 6) is 1.68. The largest absolute Gasteiger partial charge is 0.383 e. The number of nitrogens with two attached hydrogens (primary N) is 1. The van der Waals surface area contributed by atoms with Crippen LogP contribution in [0.3, 0.4) is 0 Å². The molecule has 1 aliphatic heterocycles. The molecule has 1 unspecified atom stereocenters. The molecule has 1 aromatic rings. The second kappa shape index (κ2) is 6.39. The number of nitrogens with zero attached hydrogens (tertiary/aromatic N) is 1. The third-order valence-electron chi connectivity index (χ3n) is 3.32. The molecule has 1 aromatic heterocycles. The van der Waals surface area contributed by atoms with Crippen LogP contribution in [0.15, 0.2) is 9.59 Å². The average molecular weight is 298 g/mol. The van der Waals surface area contributed by atoms with Gasteiger partial charge in [0.05, 0.1) is 0 Å². The quantitative estimate of drug-likeness (QED) is 0.756. The van der Waals surface area contributed by atoms with E-state index in [1.807, 2.05) is 25.6 Å². The SMILES string of the molecule is CC(C)Cn1c(N)c(NCC2CCCS2)c(=O)[nH]c1=O. The molecule has 4 N–H and O–H groups in total. The van der Waals surface area contributed by atoms with Crippen molar-refractivity contribution < 1.29 is 0 Å². The number of thioether (sulfide) groups is 1. The first-order valence-electron chi connectivity index (χ1n) is 6.97. The van der Waals surface area contributed by atoms with E-state index in [4.69, 9.17) is 5.73 Å². The van der Waals surface area contributed by atoms with Gasteiger partial charge in [0.1, 0.15) is 11.5 Å². The molecule has 20 heavy (non-hydrogen) atoms. The summed E-state index contributed by atoms with van der Waals surface area (Å²) in [6.07, 6.45) is 2.37. The van der Waals surface area contributed by atoms with Gasteiger partial charge >= 0.3 is 5.69 Å². The third kappa shape index (κ3) is 3.39. The van der Waals surface area contributed by atoms with Crippen molar-refractivity contribution in [2.24, 2.45) is 5.92 Å². The minimum Gasteiger partial charge on any atom is -0.383 e. The van der Waals surface area contributed by atoms with Crippen LogP contribution in [0.25, 0.3) is 0 Å². The lowest BCUT2D eigenvalue weighted by Gasteiger charge is -2.16. The number of hydrogen-bond acceptors (Lipinski definition) is 5. The van der Waals surface area contributed by atoms with Gasteiger partial charge in [0.2, 0.25) is 0 Å². The minimum atomic E-state index is -0.443. The molecule has 0 amide bonds. The lowest BCUT2D eigenvalue weighted by molar-refractivity contribution is 0.508. The Morgan fingerprint density at radius 2 is 2.25 bits per heavy atom. The molecule has 0 radical (unpaired) electrons. The smallest absolute Gasteiger partial charge is 0.330 e. The Balaban J connectivity index is 2.22. The summed E-state index contributed by atoms with van der Waals surface area (Å²) in [5.41, 5.74) is 5.43. The molecule has 0 saturated carbocycles. The Kier molecular flexibility index (Phi) is 4.80. The topological polar surface area (TPSA) is 92.9 Å². The van der Waals surface area contributed by atoms with Gasteiger partial charge in [-0.15, -0.1) is 0 Å². The molecule has 6 nitrogen and oxygen atoms in total. The summed E-state index contributed by atoms with van der Waals surface area (Å²) < 4.78 is 1.43. The van der Waals surface area contributed by atoms with E-state index in [9.17, 15) is 9.59 Å². The number of nitrogen functional groups attached to an aromatic ring is 1. The van der Waals surface area contributed by atoms with Crippen molar-refractivity contribution in [1.29, 1.82) is 0 Å². The summed E-state index contributed by atoms with van der Waals surface area (Å²) in [6, 6.07) is 0. The highest BCUT2D eigenvalue weighted by Crippen LogP contribution is 2.26. The zero-order chi connectivity index (χ0) is 14.7. The second-order valence-electron chi connectivity index (χ2n) is 5.54. The van der Waals surface area contributed by atoms with E-state index in [2.05, 4.69) is 10.3 Å². The van der Waals surface area contributed by atoms with Crippen molar-refractivity contribution in [1.82, 2.24) is 9.55 Å². The molecule has 0 aliphatic carbocycles. The zero-order valence-electron chi connectivity index (χ0n) is 11.9. The van der Waals surface area contributed by atoms with Gasteiger partial charge in [0, 0.05) is 18.3 Å². The van der Waals surface area contributed by atoms with Crippen LogP contribution in [-0.4, -0.2) is 27.1 Å². The molecule has 2 heterocycles. The number of aromatic amines is 1. The highest BCUT2D eigenvalue weighted by Gasteiger charge is 2.18. The van der Waals surface area contributed by atoms with Crippen LogP contribution in [0.1, 0.15) is 26.7 Å². The fourth-order valence-electron chi connectivity index (χ4n) is 2.33. The van der Waals surface area contributed by atoms with Crippen molar-refractivity contribution >= 4 is 23.3 Å². The van der Waals surface area contributed by atoms with E-state index < -0.39 is 11.2 Å². The number of hydrogen-bond donors (Lipinski definition) is 3. The molecular formula is C13H22N4O2S. The normalized spacial score (nSPS) is 18.6.